The highest BCUT2D eigenvalue weighted by Gasteiger charge is 2.46. The number of ether oxygens (including phenoxy) is 1. The van der Waals surface area contributed by atoms with Crippen molar-refractivity contribution in [1.82, 2.24) is 14.7 Å². The zero-order chi connectivity index (χ0) is 24.5. The number of amides is 1. The molecule has 180 valence electrons. The Bertz CT molecular complexity index is 1120. The zero-order valence-electron chi connectivity index (χ0n) is 20.7. The van der Waals surface area contributed by atoms with Crippen LogP contribution in [0.3, 0.4) is 0 Å². The number of cyclic esters (lactones) is 1. The highest BCUT2D eigenvalue weighted by atomic mass is 16.6. The van der Waals surface area contributed by atoms with E-state index in [-0.39, 0.29) is 12.1 Å². The van der Waals surface area contributed by atoms with Crippen molar-refractivity contribution < 1.29 is 14.6 Å². The molecule has 1 N–H and O–H groups in total. The molecule has 34 heavy (non-hydrogen) atoms. The monoisotopic (exact) mass is 461 g/mol. The molecule has 2 heterocycles. The van der Waals surface area contributed by atoms with E-state index < -0.39 is 11.2 Å². The van der Waals surface area contributed by atoms with E-state index in [9.17, 15) is 9.90 Å². The molecule has 0 aliphatic carbocycles. The fraction of sp³-hybridized carbons (Fsp3) is 0.429. The summed E-state index contributed by atoms with van der Waals surface area (Å²) in [5.74, 6) is 0. The molecule has 1 amide bonds. The average Bonchev–Trinajstić information content (AvgIpc) is 3.29. The predicted molar refractivity (Wildman–Crippen MR) is 133 cm³/mol. The van der Waals surface area contributed by atoms with Gasteiger partial charge in [-0.2, -0.15) is 5.10 Å². The molecule has 1 aromatic heterocycles. The summed E-state index contributed by atoms with van der Waals surface area (Å²) in [6.07, 6.45) is 4.54. The molecule has 2 atom stereocenters. The number of hydrogen-bond acceptors (Lipinski definition) is 4. The van der Waals surface area contributed by atoms with Gasteiger partial charge in [0, 0.05) is 37.2 Å². The lowest BCUT2D eigenvalue weighted by Crippen LogP contribution is -2.51. The molecule has 6 nitrogen and oxygen atoms in total. The van der Waals surface area contributed by atoms with Crippen LogP contribution < -0.4 is 0 Å². The maximum Gasteiger partial charge on any atom is 0.411 e. The van der Waals surface area contributed by atoms with Gasteiger partial charge in [-0.05, 0) is 51.3 Å². The molecule has 0 saturated carbocycles. The minimum Gasteiger partial charge on any atom is -0.438 e. The molecule has 1 saturated heterocycles. The third kappa shape index (κ3) is 5.02. The smallest absolute Gasteiger partial charge is 0.411 e. The number of carbonyl (C=O) groups excluding carboxylic acids is 1. The first kappa shape index (κ1) is 24.0. The molecule has 0 radical (unpaired) electrons. The van der Waals surface area contributed by atoms with E-state index in [1.165, 1.54) is 0 Å². The second kappa shape index (κ2) is 9.26. The molecule has 6 heteroatoms. The quantitative estimate of drug-likeness (QED) is 0.462. The van der Waals surface area contributed by atoms with Gasteiger partial charge >= 0.3 is 6.09 Å². The predicted octanol–water partition coefficient (Wildman–Crippen LogP) is 6.09. The van der Waals surface area contributed by atoms with E-state index in [0.717, 1.165) is 22.3 Å². The topological polar surface area (TPSA) is 67.6 Å². The summed E-state index contributed by atoms with van der Waals surface area (Å²) < 4.78 is 8.07. The Hall–Kier alpha value is -3.12. The molecule has 0 unspecified atom stereocenters. The molecular formula is C28H35N3O3. The van der Waals surface area contributed by atoms with Crippen molar-refractivity contribution in [2.24, 2.45) is 0 Å². The van der Waals surface area contributed by atoms with Crippen LogP contribution in [-0.4, -0.2) is 38.0 Å². The lowest BCUT2D eigenvalue weighted by Gasteiger charge is -2.45. The van der Waals surface area contributed by atoms with Gasteiger partial charge in [-0.3, -0.25) is 4.68 Å². The Morgan fingerprint density at radius 1 is 1.06 bits per heavy atom. The van der Waals surface area contributed by atoms with Gasteiger partial charge in [-0.25, -0.2) is 4.79 Å². The van der Waals surface area contributed by atoms with E-state index in [1.54, 1.807) is 18.7 Å². The number of rotatable bonds is 7. The van der Waals surface area contributed by atoms with E-state index in [0.29, 0.717) is 25.4 Å². The van der Waals surface area contributed by atoms with E-state index in [4.69, 9.17) is 4.74 Å². The van der Waals surface area contributed by atoms with Crippen molar-refractivity contribution >= 4 is 6.09 Å². The SMILES string of the molecule is CC(C)n1cc(-c2ccc([C@H](C)N3CC[C@](CC(C)(C)O)(c4ccccc4)OC3=O)cc2)cn1. The van der Waals surface area contributed by atoms with Crippen LogP contribution >= 0.6 is 0 Å². The summed E-state index contributed by atoms with van der Waals surface area (Å²) >= 11 is 0. The maximum atomic E-state index is 13.2. The van der Waals surface area contributed by atoms with Crippen LogP contribution in [0.2, 0.25) is 0 Å². The van der Waals surface area contributed by atoms with Gasteiger partial charge in [0.1, 0.15) is 5.60 Å². The van der Waals surface area contributed by atoms with Gasteiger partial charge in [0.25, 0.3) is 0 Å². The van der Waals surface area contributed by atoms with Crippen molar-refractivity contribution in [1.29, 1.82) is 0 Å². The van der Waals surface area contributed by atoms with E-state index in [2.05, 4.69) is 49.4 Å². The normalized spacial score (nSPS) is 19.9. The first-order valence-electron chi connectivity index (χ1n) is 12.0. The van der Waals surface area contributed by atoms with Crippen molar-refractivity contribution in [2.75, 3.05) is 6.54 Å². The first-order valence-corrected chi connectivity index (χ1v) is 12.0. The van der Waals surface area contributed by atoms with Crippen molar-refractivity contribution in [3.05, 3.63) is 78.1 Å². The van der Waals surface area contributed by atoms with E-state index >= 15 is 0 Å². The van der Waals surface area contributed by atoms with Gasteiger partial charge in [0.2, 0.25) is 0 Å². The number of aromatic nitrogens is 2. The van der Waals surface area contributed by atoms with Crippen LogP contribution in [0.1, 0.15) is 70.7 Å². The van der Waals surface area contributed by atoms with Crippen LogP contribution in [0, 0.1) is 0 Å². The molecule has 1 aliphatic heterocycles. The minimum atomic E-state index is -0.969. The average molecular weight is 462 g/mol. The summed E-state index contributed by atoms with van der Waals surface area (Å²) in [4.78, 5) is 15.0. The molecule has 0 bridgehead atoms. The van der Waals surface area contributed by atoms with Gasteiger partial charge in [0.05, 0.1) is 17.8 Å². The molecule has 2 aromatic carbocycles. The van der Waals surface area contributed by atoms with Gasteiger partial charge in [0.15, 0.2) is 0 Å². The molecule has 1 aliphatic rings. The van der Waals surface area contributed by atoms with Gasteiger partial charge in [-0.15, -0.1) is 0 Å². The Morgan fingerprint density at radius 2 is 1.74 bits per heavy atom. The third-order valence-corrected chi connectivity index (χ3v) is 6.62. The standard InChI is InChI=1S/C28H35N3O3/c1-20(2)31-18-24(17-29-31)23-13-11-22(12-14-23)21(3)30-16-15-28(34-26(30)32,19-27(4,5)33)25-9-7-6-8-10-25/h6-14,17-18,20-21,33H,15-16,19H2,1-5H3/t21-,28-/m0/s1. The largest absolute Gasteiger partial charge is 0.438 e. The van der Waals surface area contributed by atoms with Crippen molar-refractivity contribution in [3.8, 4) is 11.1 Å². The lowest BCUT2D eigenvalue weighted by molar-refractivity contribution is -0.101. The molecular weight excluding hydrogens is 426 g/mol. The second-order valence-corrected chi connectivity index (χ2v) is 10.3. The summed E-state index contributed by atoms with van der Waals surface area (Å²) in [7, 11) is 0. The van der Waals surface area contributed by atoms with E-state index in [1.807, 2.05) is 48.1 Å². The fourth-order valence-electron chi connectivity index (χ4n) is 4.79. The Kier molecular flexibility index (Phi) is 6.54. The number of benzene rings is 2. The Balaban J connectivity index is 1.51. The van der Waals surface area contributed by atoms with Crippen LogP contribution in [0.4, 0.5) is 4.79 Å². The molecule has 1 fully saturated rings. The molecule has 3 aromatic rings. The third-order valence-electron chi connectivity index (χ3n) is 6.62. The zero-order valence-corrected chi connectivity index (χ0v) is 20.7. The van der Waals surface area contributed by atoms with Crippen LogP contribution in [0.15, 0.2) is 67.0 Å². The number of aliphatic hydroxyl groups is 1. The van der Waals surface area contributed by atoms with Crippen LogP contribution in [0.5, 0.6) is 0 Å². The minimum absolute atomic E-state index is 0.129. The van der Waals surface area contributed by atoms with Crippen LogP contribution in [-0.2, 0) is 10.3 Å². The summed E-state index contributed by atoms with van der Waals surface area (Å²) in [5, 5.41) is 15.0. The Morgan fingerprint density at radius 3 is 2.29 bits per heavy atom. The second-order valence-electron chi connectivity index (χ2n) is 10.3. The summed E-state index contributed by atoms with van der Waals surface area (Å²) in [6, 6.07) is 18.2. The first-order chi connectivity index (χ1) is 16.1. The number of carbonyl (C=O) groups is 1. The molecule has 0 spiro atoms. The lowest BCUT2D eigenvalue weighted by atomic mass is 9.80. The van der Waals surface area contributed by atoms with Gasteiger partial charge < -0.3 is 14.7 Å². The van der Waals surface area contributed by atoms with Crippen molar-refractivity contribution in [3.63, 3.8) is 0 Å². The van der Waals surface area contributed by atoms with Gasteiger partial charge in [-0.1, -0.05) is 54.6 Å². The maximum absolute atomic E-state index is 13.2. The highest BCUT2D eigenvalue weighted by Crippen LogP contribution is 2.42. The summed E-state index contributed by atoms with van der Waals surface area (Å²) in [5.41, 5.74) is 2.33. The number of nitrogens with zero attached hydrogens (tertiary/aromatic N) is 3. The Labute approximate surface area is 202 Å². The fourth-order valence-corrected chi connectivity index (χ4v) is 4.79. The number of hydrogen-bond donors (Lipinski definition) is 1. The highest BCUT2D eigenvalue weighted by molar-refractivity contribution is 5.70. The van der Waals surface area contributed by atoms with Crippen molar-refractivity contribution in [2.45, 2.75) is 70.7 Å². The van der Waals surface area contributed by atoms with Crippen LogP contribution in [0.25, 0.3) is 11.1 Å². The molecule has 4 rings (SSSR count). The summed E-state index contributed by atoms with van der Waals surface area (Å²) in [6.45, 7) is 10.3.